The molecule has 2 heterocycles. The molecular formula is C28H36ClNO3. The molecule has 1 saturated carbocycles. The maximum atomic E-state index is 10.8. The zero-order valence-electron chi connectivity index (χ0n) is 19.7. The van der Waals surface area contributed by atoms with Crippen molar-refractivity contribution in [1.82, 2.24) is 4.90 Å². The number of nitrogens with zero attached hydrogens (tertiary/aromatic N) is 1. The number of aliphatic hydroxyl groups is 1. The van der Waals surface area contributed by atoms with Crippen LogP contribution in [0.4, 0.5) is 0 Å². The van der Waals surface area contributed by atoms with Gasteiger partial charge in [0.05, 0.1) is 0 Å². The van der Waals surface area contributed by atoms with Crippen molar-refractivity contribution >= 4 is 11.6 Å². The number of fused-ring (bicyclic) bond motifs is 1. The highest BCUT2D eigenvalue weighted by molar-refractivity contribution is 6.30. The minimum absolute atomic E-state index is 0.110. The Kier molecular flexibility index (Phi) is 6.87. The Labute approximate surface area is 202 Å². The Morgan fingerprint density at radius 3 is 2.70 bits per heavy atom. The molecule has 1 aliphatic carbocycles. The van der Waals surface area contributed by atoms with Crippen molar-refractivity contribution in [3.8, 4) is 11.5 Å². The van der Waals surface area contributed by atoms with E-state index in [4.69, 9.17) is 21.1 Å². The molecule has 33 heavy (non-hydrogen) atoms. The van der Waals surface area contributed by atoms with E-state index in [1.54, 1.807) is 0 Å². The number of β-amino-alcohol motifs (C(OH)–C–C–N with tert-alkyl or cyclic N) is 1. The summed E-state index contributed by atoms with van der Waals surface area (Å²) >= 11 is 6.16. The van der Waals surface area contributed by atoms with Gasteiger partial charge in [0, 0.05) is 43.9 Å². The van der Waals surface area contributed by atoms with Gasteiger partial charge in [0.25, 0.3) is 0 Å². The van der Waals surface area contributed by atoms with E-state index >= 15 is 0 Å². The Bertz CT molecular complexity index is 964. The molecule has 2 aromatic carbocycles. The van der Waals surface area contributed by atoms with Gasteiger partial charge in [0.1, 0.15) is 29.8 Å². The summed E-state index contributed by atoms with van der Waals surface area (Å²) in [6, 6.07) is 12.5. The van der Waals surface area contributed by atoms with Crippen LogP contribution in [0.3, 0.4) is 0 Å². The van der Waals surface area contributed by atoms with E-state index in [0.29, 0.717) is 19.1 Å². The van der Waals surface area contributed by atoms with Crippen LogP contribution in [0.25, 0.3) is 0 Å². The van der Waals surface area contributed by atoms with Gasteiger partial charge >= 0.3 is 0 Å². The van der Waals surface area contributed by atoms with Crippen LogP contribution < -0.4 is 9.47 Å². The maximum Gasteiger partial charge on any atom is 0.123 e. The second-order valence-electron chi connectivity index (χ2n) is 10.4. The van der Waals surface area contributed by atoms with Crippen molar-refractivity contribution < 1.29 is 14.6 Å². The Hall–Kier alpha value is -1.75. The van der Waals surface area contributed by atoms with Crippen molar-refractivity contribution in [2.24, 2.45) is 0 Å². The fourth-order valence-electron chi connectivity index (χ4n) is 5.88. The van der Waals surface area contributed by atoms with Crippen molar-refractivity contribution in [2.75, 3.05) is 26.2 Å². The summed E-state index contributed by atoms with van der Waals surface area (Å²) in [4.78, 5) is 2.34. The lowest BCUT2D eigenvalue weighted by Gasteiger charge is -2.39. The number of halogens is 1. The second kappa shape index (κ2) is 9.85. The number of hydrogen-bond acceptors (Lipinski definition) is 4. The number of aliphatic hydroxyl groups excluding tert-OH is 1. The maximum absolute atomic E-state index is 10.8. The summed E-state index contributed by atoms with van der Waals surface area (Å²) in [5.41, 5.74) is 3.64. The number of piperidine rings is 1. The monoisotopic (exact) mass is 469 g/mol. The first-order chi connectivity index (χ1) is 16.0. The van der Waals surface area contributed by atoms with Crippen LogP contribution in [0.1, 0.15) is 67.6 Å². The molecule has 5 heteroatoms. The van der Waals surface area contributed by atoms with Crippen LogP contribution in [-0.4, -0.2) is 48.0 Å². The molecule has 0 radical (unpaired) electrons. The molecule has 4 nitrogen and oxygen atoms in total. The van der Waals surface area contributed by atoms with E-state index < -0.39 is 6.10 Å². The van der Waals surface area contributed by atoms with E-state index in [0.717, 1.165) is 48.9 Å². The van der Waals surface area contributed by atoms with Crippen LogP contribution in [0.15, 0.2) is 36.4 Å². The van der Waals surface area contributed by atoms with E-state index in [-0.39, 0.29) is 5.60 Å². The summed E-state index contributed by atoms with van der Waals surface area (Å²) in [6.45, 7) is 4.94. The molecule has 0 amide bonds. The van der Waals surface area contributed by atoms with Crippen molar-refractivity contribution in [3.05, 3.63) is 58.1 Å². The van der Waals surface area contributed by atoms with Gasteiger partial charge < -0.3 is 19.5 Å². The standard InChI is InChI=1S/C28H36ClNO3/c1-20-7-9-25(21-5-3-2-4-6-21)27(15-20)32-19-24(31)18-30-13-11-28(12-14-30)17-22-16-23(29)8-10-26(22)33-28/h7-10,15-16,21,24,31H,2-6,11-14,17-19H2,1H3/t24-/m0/s1. The molecule has 1 spiro atoms. The minimum Gasteiger partial charge on any atom is -0.491 e. The molecular weight excluding hydrogens is 434 g/mol. The first kappa shape index (κ1) is 23.0. The van der Waals surface area contributed by atoms with Crippen LogP contribution in [0.2, 0.25) is 5.02 Å². The van der Waals surface area contributed by atoms with Crippen LogP contribution in [0.5, 0.6) is 11.5 Å². The van der Waals surface area contributed by atoms with E-state index in [1.165, 1.54) is 48.8 Å². The summed E-state index contributed by atoms with van der Waals surface area (Å²) < 4.78 is 12.6. The fraction of sp³-hybridized carbons (Fsp3) is 0.571. The number of aryl methyl sites for hydroxylation is 1. The molecule has 0 aromatic heterocycles. The number of ether oxygens (including phenoxy) is 2. The lowest BCUT2D eigenvalue weighted by atomic mass is 9.83. The number of hydrogen-bond donors (Lipinski definition) is 1. The van der Waals surface area contributed by atoms with Gasteiger partial charge in [0.15, 0.2) is 0 Å². The Balaban J connectivity index is 1.13. The van der Waals surface area contributed by atoms with Crippen molar-refractivity contribution in [1.29, 1.82) is 0 Å². The number of benzene rings is 2. The topological polar surface area (TPSA) is 41.9 Å². The van der Waals surface area contributed by atoms with Crippen LogP contribution in [-0.2, 0) is 6.42 Å². The molecule has 2 fully saturated rings. The van der Waals surface area contributed by atoms with E-state index in [2.05, 4.69) is 30.0 Å². The largest absolute Gasteiger partial charge is 0.491 e. The quantitative estimate of drug-likeness (QED) is 0.571. The summed E-state index contributed by atoms with van der Waals surface area (Å²) in [7, 11) is 0. The normalized spacial score (nSPS) is 21.5. The molecule has 1 N–H and O–H groups in total. The SMILES string of the molecule is Cc1ccc(C2CCCCC2)c(OC[C@@H](O)CN2CCC3(CC2)Cc2cc(Cl)ccc2O3)c1. The Morgan fingerprint density at radius 2 is 1.91 bits per heavy atom. The van der Waals surface area contributed by atoms with Gasteiger partial charge in [0.2, 0.25) is 0 Å². The first-order valence-corrected chi connectivity index (χ1v) is 13.0. The Morgan fingerprint density at radius 1 is 1.12 bits per heavy atom. The molecule has 0 unspecified atom stereocenters. The lowest BCUT2D eigenvalue weighted by molar-refractivity contribution is -0.00204. The molecule has 2 aliphatic heterocycles. The average molecular weight is 470 g/mol. The van der Waals surface area contributed by atoms with Crippen LogP contribution >= 0.6 is 11.6 Å². The van der Waals surface area contributed by atoms with Crippen LogP contribution in [0, 0.1) is 6.92 Å². The highest BCUT2D eigenvalue weighted by Crippen LogP contribution is 2.42. The summed E-state index contributed by atoms with van der Waals surface area (Å²) in [6.07, 6.45) is 8.81. The lowest BCUT2D eigenvalue weighted by Crippen LogP contribution is -2.49. The molecule has 0 bridgehead atoms. The summed E-state index contributed by atoms with van der Waals surface area (Å²) in [5.74, 6) is 2.54. The predicted molar refractivity (Wildman–Crippen MR) is 133 cm³/mol. The van der Waals surface area contributed by atoms with E-state index in [9.17, 15) is 5.11 Å². The highest BCUT2D eigenvalue weighted by Gasteiger charge is 2.42. The average Bonchev–Trinajstić information content (AvgIpc) is 3.17. The fourth-order valence-corrected chi connectivity index (χ4v) is 6.07. The third kappa shape index (κ3) is 5.34. The third-order valence-corrected chi connectivity index (χ3v) is 7.98. The smallest absolute Gasteiger partial charge is 0.123 e. The van der Waals surface area contributed by atoms with Gasteiger partial charge in [-0.3, -0.25) is 0 Å². The third-order valence-electron chi connectivity index (χ3n) is 7.74. The van der Waals surface area contributed by atoms with Gasteiger partial charge in [-0.25, -0.2) is 0 Å². The van der Waals surface area contributed by atoms with Gasteiger partial charge in [-0.1, -0.05) is 43.0 Å². The predicted octanol–water partition coefficient (Wildman–Crippen LogP) is 5.91. The zero-order chi connectivity index (χ0) is 22.8. The van der Waals surface area contributed by atoms with Gasteiger partial charge in [-0.2, -0.15) is 0 Å². The number of rotatable bonds is 6. The number of likely N-dealkylation sites (tertiary alicyclic amines) is 1. The molecule has 2 aromatic rings. The summed E-state index contributed by atoms with van der Waals surface area (Å²) in [5, 5.41) is 11.5. The molecule has 3 aliphatic rings. The molecule has 1 saturated heterocycles. The van der Waals surface area contributed by atoms with Crippen molar-refractivity contribution in [2.45, 2.75) is 75.9 Å². The molecule has 5 rings (SSSR count). The highest BCUT2D eigenvalue weighted by atomic mass is 35.5. The van der Waals surface area contributed by atoms with Crippen molar-refractivity contribution in [3.63, 3.8) is 0 Å². The molecule has 1 atom stereocenters. The van der Waals surface area contributed by atoms with Gasteiger partial charge in [-0.15, -0.1) is 0 Å². The zero-order valence-corrected chi connectivity index (χ0v) is 20.4. The van der Waals surface area contributed by atoms with E-state index in [1.807, 2.05) is 18.2 Å². The first-order valence-electron chi connectivity index (χ1n) is 12.6. The van der Waals surface area contributed by atoms with Gasteiger partial charge in [-0.05, 0) is 66.6 Å². The minimum atomic E-state index is -0.501. The molecule has 178 valence electrons. The second-order valence-corrected chi connectivity index (χ2v) is 10.8.